The van der Waals surface area contributed by atoms with Gasteiger partial charge in [0.15, 0.2) is 0 Å². The smallest absolute Gasteiger partial charge is 0.00556 e. The zero-order chi connectivity index (χ0) is 9.03. The van der Waals surface area contributed by atoms with Gasteiger partial charge in [-0.1, -0.05) is 28.2 Å². The zero-order valence-corrected chi connectivity index (χ0v) is 10.7. The minimum absolute atomic E-state index is 0.609. The van der Waals surface area contributed by atoms with Crippen molar-refractivity contribution in [3.8, 4) is 0 Å². The van der Waals surface area contributed by atoms with Crippen molar-refractivity contribution >= 4 is 34.4 Å². The highest BCUT2D eigenvalue weighted by Gasteiger charge is 2.30. The Balaban J connectivity index is 2.53. The molecule has 1 aliphatic heterocycles. The van der Waals surface area contributed by atoms with Crippen LogP contribution in [0.25, 0.3) is 0 Å². The van der Waals surface area contributed by atoms with Crippen LogP contribution in [0.15, 0.2) is 12.2 Å². The van der Waals surface area contributed by atoms with Crippen molar-refractivity contribution in [3.63, 3.8) is 0 Å². The Kier molecular flexibility index (Phi) is 4.44. The molecule has 1 rings (SSSR count). The van der Waals surface area contributed by atoms with Gasteiger partial charge in [0.25, 0.3) is 0 Å². The fourth-order valence-electron chi connectivity index (χ4n) is 1.80. The molecule has 0 radical (unpaired) electrons. The standard InChI is InChI=1S/C10H17IS/c1-9(2)7-10(8-11)3-5-12-6-4-10/h1,3-8H2,2H3. The minimum Gasteiger partial charge on any atom is -0.162 e. The van der Waals surface area contributed by atoms with E-state index in [-0.39, 0.29) is 0 Å². The van der Waals surface area contributed by atoms with Crippen molar-refractivity contribution in [2.75, 3.05) is 15.9 Å². The first-order valence-electron chi connectivity index (χ1n) is 4.47. The average molecular weight is 296 g/mol. The molecular weight excluding hydrogens is 279 g/mol. The molecule has 0 aromatic carbocycles. The first-order valence-corrected chi connectivity index (χ1v) is 7.15. The molecule has 0 saturated carbocycles. The summed E-state index contributed by atoms with van der Waals surface area (Å²) in [6.07, 6.45) is 4.04. The summed E-state index contributed by atoms with van der Waals surface area (Å²) in [7, 11) is 0. The maximum atomic E-state index is 4.03. The predicted octanol–water partition coefficient (Wildman–Crippen LogP) is 3.90. The van der Waals surface area contributed by atoms with E-state index < -0.39 is 0 Å². The Labute approximate surface area is 93.7 Å². The van der Waals surface area contributed by atoms with Gasteiger partial charge in [-0.2, -0.15) is 11.8 Å². The molecule has 0 bridgehead atoms. The van der Waals surface area contributed by atoms with Crippen LogP contribution in [0.3, 0.4) is 0 Å². The van der Waals surface area contributed by atoms with Crippen LogP contribution < -0.4 is 0 Å². The van der Waals surface area contributed by atoms with Gasteiger partial charge in [-0.25, -0.2) is 0 Å². The van der Waals surface area contributed by atoms with Crippen molar-refractivity contribution in [2.24, 2.45) is 5.41 Å². The molecular formula is C10H17IS. The first kappa shape index (κ1) is 10.9. The van der Waals surface area contributed by atoms with Crippen LogP contribution in [0.2, 0.25) is 0 Å². The van der Waals surface area contributed by atoms with E-state index in [4.69, 9.17) is 0 Å². The van der Waals surface area contributed by atoms with Crippen molar-refractivity contribution in [1.29, 1.82) is 0 Å². The summed E-state index contributed by atoms with van der Waals surface area (Å²) < 4.78 is 1.30. The summed E-state index contributed by atoms with van der Waals surface area (Å²) >= 11 is 4.65. The van der Waals surface area contributed by atoms with E-state index in [2.05, 4.69) is 47.9 Å². The molecule has 0 nitrogen and oxygen atoms in total. The Bertz CT molecular complexity index is 159. The lowest BCUT2D eigenvalue weighted by atomic mass is 9.79. The van der Waals surface area contributed by atoms with Crippen molar-refractivity contribution in [3.05, 3.63) is 12.2 Å². The maximum absolute atomic E-state index is 4.03. The Morgan fingerprint density at radius 1 is 1.50 bits per heavy atom. The number of rotatable bonds is 3. The first-order chi connectivity index (χ1) is 5.68. The molecule has 0 aromatic heterocycles. The predicted molar refractivity (Wildman–Crippen MR) is 67.3 cm³/mol. The largest absolute Gasteiger partial charge is 0.162 e. The van der Waals surface area contributed by atoms with Crippen LogP contribution in [0.5, 0.6) is 0 Å². The lowest BCUT2D eigenvalue weighted by Gasteiger charge is -2.35. The van der Waals surface area contributed by atoms with E-state index in [0.717, 1.165) is 0 Å². The van der Waals surface area contributed by atoms with Crippen LogP contribution >= 0.6 is 34.4 Å². The van der Waals surface area contributed by atoms with Gasteiger partial charge >= 0.3 is 0 Å². The highest BCUT2D eigenvalue weighted by Crippen LogP contribution is 2.41. The van der Waals surface area contributed by atoms with Gasteiger partial charge in [0.05, 0.1) is 0 Å². The molecule has 70 valence electrons. The molecule has 0 aliphatic carbocycles. The van der Waals surface area contributed by atoms with Crippen molar-refractivity contribution in [2.45, 2.75) is 26.2 Å². The lowest BCUT2D eigenvalue weighted by molar-refractivity contribution is 0.308. The third kappa shape index (κ3) is 2.95. The molecule has 1 aliphatic rings. The van der Waals surface area contributed by atoms with E-state index in [1.54, 1.807) is 0 Å². The number of allylic oxidation sites excluding steroid dienone is 1. The summed E-state index contributed by atoms with van der Waals surface area (Å²) in [5.41, 5.74) is 1.97. The maximum Gasteiger partial charge on any atom is 0.00556 e. The molecule has 0 unspecified atom stereocenters. The van der Waals surface area contributed by atoms with Crippen molar-refractivity contribution < 1.29 is 0 Å². The van der Waals surface area contributed by atoms with Gasteiger partial charge < -0.3 is 0 Å². The Hall–Kier alpha value is 0.820. The van der Waals surface area contributed by atoms with Crippen LogP contribution in [-0.2, 0) is 0 Å². The molecule has 1 fully saturated rings. The monoisotopic (exact) mass is 296 g/mol. The van der Waals surface area contributed by atoms with E-state index >= 15 is 0 Å². The SMILES string of the molecule is C=C(C)CC1(CI)CCSCC1. The fraction of sp³-hybridized carbons (Fsp3) is 0.800. The second kappa shape index (κ2) is 4.89. The Morgan fingerprint density at radius 3 is 2.50 bits per heavy atom. The summed E-state index contributed by atoms with van der Waals surface area (Å²) in [5, 5.41) is 0. The quantitative estimate of drug-likeness (QED) is 0.432. The van der Waals surface area contributed by atoms with Gasteiger partial charge in [0.2, 0.25) is 0 Å². The number of alkyl halides is 1. The molecule has 2 heteroatoms. The van der Waals surface area contributed by atoms with E-state index in [9.17, 15) is 0 Å². The summed E-state index contributed by atoms with van der Waals surface area (Å²) in [6.45, 7) is 6.19. The molecule has 0 aromatic rings. The molecule has 1 heterocycles. The summed E-state index contributed by atoms with van der Waals surface area (Å²) in [5.74, 6) is 2.71. The number of hydrogen-bond donors (Lipinski definition) is 0. The second-order valence-corrected chi connectivity index (χ2v) is 5.87. The molecule has 0 N–H and O–H groups in total. The minimum atomic E-state index is 0.609. The molecule has 0 atom stereocenters. The lowest BCUT2D eigenvalue weighted by Crippen LogP contribution is -2.28. The fourth-order valence-corrected chi connectivity index (χ4v) is 4.19. The normalized spacial score (nSPS) is 22.2. The van der Waals surface area contributed by atoms with Crippen LogP contribution in [0, 0.1) is 5.41 Å². The number of thioether (sulfide) groups is 1. The second-order valence-electron chi connectivity index (χ2n) is 3.88. The molecule has 0 spiro atoms. The van der Waals surface area contributed by atoms with Gasteiger partial charge in [0.1, 0.15) is 0 Å². The number of halogens is 1. The van der Waals surface area contributed by atoms with Gasteiger partial charge in [-0.3, -0.25) is 0 Å². The van der Waals surface area contributed by atoms with E-state index in [0.29, 0.717) is 5.41 Å². The van der Waals surface area contributed by atoms with Crippen molar-refractivity contribution in [1.82, 2.24) is 0 Å². The van der Waals surface area contributed by atoms with Crippen LogP contribution in [0.4, 0.5) is 0 Å². The van der Waals surface area contributed by atoms with Gasteiger partial charge in [-0.05, 0) is 43.1 Å². The van der Waals surface area contributed by atoms with E-state index in [1.807, 2.05) is 0 Å². The average Bonchev–Trinajstić information content (AvgIpc) is 2.05. The summed E-state index contributed by atoms with van der Waals surface area (Å²) in [6, 6.07) is 0. The molecule has 1 saturated heterocycles. The van der Waals surface area contributed by atoms with E-state index in [1.165, 1.54) is 40.8 Å². The third-order valence-corrected chi connectivity index (χ3v) is 5.12. The third-order valence-electron chi connectivity index (χ3n) is 2.51. The summed E-state index contributed by atoms with van der Waals surface area (Å²) in [4.78, 5) is 0. The van der Waals surface area contributed by atoms with Gasteiger partial charge in [0, 0.05) is 4.43 Å². The molecule has 12 heavy (non-hydrogen) atoms. The van der Waals surface area contributed by atoms with Crippen LogP contribution in [0.1, 0.15) is 26.2 Å². The van der Waals surface area contributed by atoms with Crippen LogP contribution in [-0.4, -0.2) is 15.9 Å². The number of hydrogen-bond acceptors (Lipinski definition) is 1. The highest BCUT2D eigenvalue weighted by atomic mass is 127. The Morgan fingerprint density at radius 2 is 2.08 bits per heavy atom. The highest BCUT2D eigenvalue weighted by molar-refractivity contribution is 14.1. The zero-order valence-electron chi connectivity index (χ0n) is 7.74. The molecule has 0 amide bonds. The topological polar surface area (TPSA) is 0 Å². The van der Waals surface area contributed by atoms with Gasteiger partial charge in [-0.15, -0.1) is 6.58 Å².